The summed E-state index contributed by atoms with van der Waals surface area (Å²) in [6.45, 7) is 3.85. The highest BCUT2D eigenvalue weighted by Crippen LogP contribution is 2.32. The minimum Gasteiger partial charge on any atom is -0.466 e. The van der Waals surface area contributed by atoms with Crippen LogP contribution in [0.3, 0.4) is 0 Å². The standard InChI is InChI=1S/C27H34BN5O2/c1-2-35-27(34)18-9-12-33(13-10-18)26-21-8-11-29-16-19(21)14-24(32-26)22-15-25(30-17-23(22)28)31-20-6-4-3-5-7-20/h8,11,14-18,20H,2-7,9-10,12-13,28H2,1H3,(H,30,31). The van der Waals surface area contributed by atoms with Crippen molar-refractivity contribution in [2.75, 3.05) is 29.9 Å². The molecule has 0 atom stereocenters. The molecule has 0 spiro atoms. The lowest BCUT2D eigenvalue weighted by Crippen LogP contribution is -2.37. The van der Waals surface area contributed by atoms with E-state index in [1.165, 1.54) is 32.1 Å². The van der Waals surface area contributed by atoms with E-state index < -0.39 is 0 Å². The molecule has 3 aromatic heterocycles. The number of nitrogens with one attached hydrogen (secondary N) is 1. The van der Waals surface area contributed by atoms with Crippen LogP contribution in [0, 0.1) is 5.92 Å². The van der Waals surface area contributed by atoms with Gasteiger partial charge < -0.3 is 15.0 Å². The molecule has 1 N–H and O–H groups in total. The summed E-state index contributed by atoms with van der Waals surface area (Å²) in [6.07, 6.45) is 13.5. The SMILES string of the molecule is Bc1cnc(NC2CCCCC2)cc1-c1cc2cnccc2c(N2CCC(C(=O)OCC)CC2)n1. The molecule has 1 saturated carbocycles. The fourth-order valence-corrected chi connectivity index (χ4v) is 5.38. The number of ether oxygens (including phenoxy) is 1. The zero-order chi connectivity index (χ0) is 24.2. The minimum atomic E-state index is -0.0756. The monoisotopic (exact) mass is 471 g/mol. The number of anilines is 2. The molecule has 1 aliphatic carbocycles. The molecule has 8 heteroatoms. The van der Waals surface area contributed by atoms with Crippen LogP contribution in [0.1, 0.15) is 51.9 Å². The number of carbonyl (C=O) groups excluding carboxylic acids is 1. The number of piperidine rings is 1. The number of hydrogen-bond acceptors (Lipinski definition) is 7. The number of fused-ring (bicyclic) bond motifs is 1. The average molecular weight is 471 g/mol. The highest BCUT2D eigenvalue weighted by atomic mass is 16.5. The van der Waals surface area contributed by atoms with Crippen LogP contribution in [0.2, 0.25) is 0 Å². The lowest BCUT2D eigenvalue weighted by atomic mass is 9.90. The fourth-order valence-electron chi connectivity index (χ4n) is 5.38. The number of esters is 1. The molecule has 0 aromatic carbocycles. The molecule has 182 valence electrons. The third kappa shape index (κ3) is 5.26. The van der Waals surface area contributed by atoms with E-state index in [4.69, 9.17) is 9.72 Å². The van der Waals surface area contributed by atoms with Crippen molar-refractivity contribution in [2.24, 2.45) is 5.92 Å². The third-order valence-corrected chi connectivity index (χ3v) is 7.36. The topological polar surface area (TPSA) is 80.2 Å². The van der Waals surface area contributed by atoms with Gasteiger partial charge in [-0.3, -0.25) is 9.78 Å². The molecular weight excluding hydrogens is 437 g/mol. The molecule has 1 saturated heterocycles. The molecule has 35 heavy (non-hydrogen) atoms. The second-order valence-electron chi connectivity index (χ2n) is 9.81. The van der Waals surface area contributed by atoms with Gasteiger partial charge in [-0.15, -0.1) is 0 Å². The zero-order valence-corrected chi connectivity index (χ0v) is 20.8. The summed E-state index contributed by atoms with van der Waals surface area (Å²) in [7, 11) is 2.09. The van der Waals surface area contributed by atoms with Gasteiger partial charge in [0.25, 0.3) is 0 Å². The van der Waals surface area contributed by atoms with Crippen LogP contribution in [0.5, 0.6) is 0 Å². The van der Waals surface area contributed by atoms with E-state index in [2.05, 4.69) is 40.2 Å². The van der Waals surface area contributed by atoms with Crippen LogP contribution in [0.4, 0.5) is 11.6 Å². The van der Waals surface area contributed by atoms with Crippen LogP contribution < -0.4 is 15.7 Å². The average Bonchev–Trinajstić information content (AvgIpc) is 2.90. The number of hydrogen-bond donors (Lipinski definition) is 1. The second kappa shape index (κ2) is 10.6. The van der Waals surface area contributed by atoms with Gasteiger partial charge in [0.15, 0.2) is 0 Å². The van der Waals surface area contributed by atoms with Crippen LogP contribution in [0.25, 0.3) is 22.0 Å². The van der Waals surface area contributed by atoms with Crippen molar-refractivity contribution in [3.05, 3.63) is 36.8 Å². The van der Waals surface area contributed by atoms with Crippen molar-refractivity contribution in [1.29, 1.82) is 0 Å². The molecule has 0 bridgehead atoms. The van der Waals surface area contributed by atoms with Crippen LogP contribution in [0.15, 0.2) is 36.8 Å². The van der Waals surface area contributed by atoms with Crippen molar-refractivity contribution in [3.63, 3.8) is 0 Å². The smallest absolute Gasteiger partial charge is 0.309 e. The van der Waals surface area contributed by atoms with Gasteiger partial charge in [0.2, 0.25) is 0 Å². The molecule has 0 radical (unpaired) electrons. The molecule has 7 nitrogen and oxygen atoms in total. The van der Waals surface area contributed by atoms with Gasteiger partial charge in [-0.25, -0.2) is 9.97 Å². The van der Waals surface area contributed by atoms with E-state index in [1.54, 1.807) is 0 Å². The quantitative estimate of drug-likeness (QED) is 0.436. The maximum absolute atomic E-state index is 12.2. The van der Waals surface area contributed by atoms with E-state index in [1.807, 2.05) is 31.6 Å². The third-order valence-electron chi connectivity index (χ3n) is 7.36. The zero-order valence-electron chi connectivity index (χ0n) is 20.8. The summed E-state index contributed by atoms with van der Waals surface area (Å²) < 4.78 is 5.26. The Hall–Kier alpha value is -3.16. The Balaban J connectivity index is 1.45. The minimum absolute atomic E-state index is 0.0295. The molecule has 0 unspecified atom stereocenters. The Labute approximate surface area is 208 Å². The Morgan fingerprint density at radius 2 is 1.94 bits per heavy atom. The van der Waals surface area contributed by atoms with Crippen molar-refractivity contribution >= 4 is 41.7 Å². The summed E-state index contributed by atoms with van der Waals surface area (Å²) in [5.41, 5.74) is 3.12. The predicted octanol–water partition coefficient (Wildman–Crippen LogP) is 3.47. The first-order chi connectivity index (χ1) is 17.1. The number of nitrogens with zero attached hydrogens (tertiary/aromatic N) is 4. The van der Waals surface area contributed by atoms with Gasteiger partial charge >= 0.3 is 5.97 Å². The van der Waals surface area contributed by atoms with E-state index in [9.17, 15) is 4.79 Å². The van der Waals surface area contributed by atoms with Gasteiger partial charge in [0.05, 0.1) is 18.2 Å². The Morgan fingerprint density at radius 3 is 2.71 bits per heavy atom. The maximum Gasteiger partial charge on any atom is 0.309 e. The summed E-state index contributed by atoms with van der Waals surface area (Å²) in [4.78, 5) is 28.8. The summed E-state index contributed by atoms with van der Waals surface area (Å²) in [5.74, 6) is 1.77. The lowest BCUT2D eigenvalue weighted by molar-refractivity contribution is -0.148. The Kier molecular flexibility index (Phi) is 7.16. The van der Waals surface area contributed by atoms with E-state index in [-0.39, 0.29) is 11.9 Å². The van der Waals surface area contributed by atoms with Gasteiger partial charge in [-0.05, 0) is 56.4 Å². The van der Waals surface area contributed by atoms with E-state index in [0.29, 0.717) is 12.6 Å². The van der Waals surface area contributed by atoms with Crippen LogP contribution in [-0.4, -0.2) is 54.5 Å². The van der Waals surface area contributed by atoms with E-state index in [0.717, 1.165) is 65.1 Å². The normalized spacial score (nSPS) is 17.5. The maximum atomic E-state index is 12.2. The first kappa shape index (κ1) is 23.6. The first-order valence-electron chi connectivity index (χ1n) is 13.0. The highest BCUT2D eigenvalue weighted by molar-refractivity contribution is 6.35. The molecule has 2 fully saturated rings. The molecule has 3 aromatic rings. The van der Waals surface area contributed by atoms with Crippen molar-refractivity contribution < 1.29 is 9.53 Å². The van der Waals surface area contributed by atoms with Gasteiger partial charge in [0, 0.05) is 48.5 Å². The predicted molar refractivity (Wildman–Crippen MR) is 143 cm³/mol. The summed E-state index contributed by atoms with van der Waals surface area (Å²) >= 11 is 0. The molecule has 1 aliphatic heterocycles. The lowest BCUT2D eigenvalue weighted by Gasteiger charge is -2.32. The van der Waals surface area contributed by atoms with Crippen molar-refractivity contribution in [3.8, 4) is 11.3 Å². The summed E-state index contributed by atoms with van der Waals surface area (Å²) in [5, 5.41) is 5.81. The number of aromatic nitrogens is 3. The van der Waals surface area contributed by atoms with Crippen LogP contribution in [-0.2, 0) is 9.53 Å². The second-order valence-corrected chi connectivity index (χ2v) is 9.81. The number of pyridine rings is 3. The van der Waals surface area contributed by atoms with Gasteiger partial charge in [0.1, 0.15) is 19.5 Å². The number of carbonyl (C=O) groups is 1. The first-order valence-corrected chi connectivity index (χ1v) is 13.0. The Bertz CT molecular complexity index is 1190. The summed E-state index contributed by atoms with van der Waals surface area (Å²) in [6, 6.07) is 6.81. The molecule has 4 heterocycles. The molecule has 5 rings (SSSR count). The van der Waals surface area contributed by atoms with Crippen molar-refractivity contribution in [1.82, 2.24) is 15.0 Å². The highest BCUT2D eigenvalue weighted by Gasteiger charge is 2.27. The van der Waals surface area contributed by atoms with Gasteiger partial charge in [-0.1, -0.05) is 24.7 Å². The van der Waals surface area contributed by atoms with E-state index >= 15 is 0 Å². The fraction of sp³-hybridized carbons (Fsp3) is 0.481. The molecular formula is C27H34BN5O2. The largest absolute Gasteiger partial charge is 0.466 e. The molecule has 0 amide bonds. The van der Waals surface area contributed by atoms with Crippen LogP contribution >= 0.6 is 0 Å². The van der Waals surface area contributed by atoms with Crippen molar-refractivity contribution in [2.45, 2.75) is 57.9 Å². The Morgan fingerprint density at radius 1 is 1.14 bits per heavy atom. The number of rotatable bonds is 6. The van der Waals surface area contributed by atoms with Gasteiger partial charge in [-0.2, -0.15) is 0 Å². The molecule has 2 aliphatic rings.